The van der Waals surface area contributed by atoms with Gasteiger partial charge in [-0.2, -0.15) is 4.31 Å². The van der Waals surface area contributed by atoms with Crippen molar-refractivity contribution in [3.05, 3.63) is 34.6 Å². The molecule has 1 heterocycles. The fourth-order valence-corrected chi connectivity index (χ4v) is 4.91. The summed E-state index contributed by atoms with van der Waals surface area (Å²) < 4.78 is 40.7. The number of sulfonamides is 1. The van der Waals surface area contributed by atoms with Crippen molar-refractivity contribution in [2.75, 3.05) is 18.4 Å². The highest BCUT2D eigenvalue weighted by molar-refractivity contribution is 7.89. The average Bonchev–Trinajstić information content (AvgIpc) is 3.10. The van der Waals surface area contributed by atoms with Crippen LogP contribution in [0.15, 0.2) is 23.1 Å². The molecule has 0 saturated carbocycles. The van der Waals surface area contributed by atoms with Crippen molar-refractivity contribution in [2.45, 2.75) is 51.3 Å². The highest BCUT2D eigenvalue weighted by Gasteiger charge is 2.24. The predicted octanol–water partition coefficient (Wildman–Crippen LogP) is 3.69. The molecule has 7 nitrogen and oxygen atoms in total. The summed E-state index contributed by atoms with van der Waals surface area (Å²) in [4.78, 5) is 12.3. The summed E-state index contributed by atoms with van der Waals surface area (Å²) in [6.45, 7) is 6.10. The monoisotopic (exact) mass is 428 g/mol. The molecule has 0 spiro atoms. The summed E-state index contributed by atoms with van der Waals surface area (Å²) in [5.41, 5.74) is -0.351. The summed E-state index contributed by atoms with van der Waals surface area (Å²) in [5, 5.41) is 11.5. The Morgan fingerprint density at radius 2 is 1.89 bits per heavy atom. The minimum Gasteiger partial charge on any atom is -0.296 e. The van der Waals surface area contributed by atoms with Gasteiger partial charge in [-0.3, -0.25) is 10.1 Å². The molecular weight excluding hydrogens is 403 g/mol. The van der Waals surface area contributed by atoms with Gasteiger partial charge in [0.1, 0.15) is 10.8 Å². The summed E-state index contributed by atoms with van der Waals surface area (Å²) in [5.74, 6) is -1.56. The second kappa shape index (κ2) is 10.0. The fraction of sp³-hybridized carbons (Fsp3) is 0.500. The third-order valence-corrected chi connectivity index (χ3v) is 7.15. The first-order valence-corrected chi connectivity index (χ1v) is 11.5. The average molecular weight is 429 g/mol. The van der Waals surface area contributed by atoms with Crippen LogP contribution in [0.5, 0.6) is 0 Å². The van der Waals surface area contributed by atoms with Crippen molar-refractivity contribution >= 4 is 32.4 Å². The van der Waals surface area contributed by atoms with Gasteiger partial charge in [0.05, 0.1) is 10.5 Å². The molecule has 10 heteroatoms. The number of carbonyl (C=O) groups is 1. The molecule has 2 aromatic rings. The topological polar surface area (TPSA) is 92.3 Å². The zero-order valence-electron chi connectivity index (χ0n) is 16.2. The molecule has 1 amide bonds. The maximum absolute atomic E-state index is 14.2. The fourth-order valence-electron chi connectivity index (χ4n) is 2.65. The number of benzene rings is 1. The van der Waals surface area contributed by atoms with Gasteiger partial charge < -0.3 is 0 Å². The van der Waals surface area contributed by atoms with E-state index in [-0.39, 0.29) is 28.7 Å². The Hall–Kier alpha value is -1.91. The summed E-state index contributed by atoms with van der Waals surface area (Å²) in [6, 6.07) is 3.21. The number of halogens is 1. The Morgan fingerprint density at radius 3 is 2.54 bits per heavy atom. The third kappa shape index (κ3) is 5.33. The molecule has 0 aliphatic heterocycles. The Bertz CT molecular complexity index is 911. The van der Waals surface area contributed by atoms with Crippen LogP contribution in [0.25, 0.3) is 0 Å². The largest absolute Gasteiger partial charge is 0.296 e. The maximum Gasteiger partial charge on any atom is 0.260 e. The highest BCUT2D eigenvalue weighted by atomic mass is 32.2. The van der Waals surface area contributed by atoms with E-state index < -0.39 is 21.7 Å². The normalized spacial score (nSPS) is 11.8. The number of nitrogens with one attached hydrogen (secondary N) is 1. The number of hydrogen-bond donors (Lipinski definition) is 1. The second-order valence-electron chi connectivity index (χ2n) is 6.14. The lowest BCUT2D eigenvalue weighted by atomic mass is 10.2. The van der Waals surface area contributed by atoms with Crippen molar-refractivity contribution in [3.8, 4) is 0 Å². The lowest BCUT2D eigenvalue weighted by molar-refractivity contribution is 0.102. The molecule has 0 saturated heterocycles. The van der Waals surface area contributed by atoms with Gasteiger partial charge in [-0.05, 0) is 24.6 Å². The van der Waals surface area contributed by atoms with E-state index in [1.54, 1.807) is 13.8 Å². The van der Waals surface area contributed by atoms with Crippen molar-refractivity contribution in [1.82, 2.24) is 14.5 Å². The molecule has 1 aromatic carbocycles. The highest BCUT2D eigenvalue weighted by Crippen LogP contribution is 2.22. The summed E-state index contributed by atoms with van der Waals surface area (Å²) in [7, 11) is -3.79. The van der Waals surface area contributed by atoms with E-state index in [0.29, 0.717) is 0 Å². The van der Waals surface area contributed by atoms with Crippen molar-refractivity contribution in [3.63, 3.8) is 0 Å². The van der Waals surface area contributed by atoms with Crippen LogP contribution in [0.4, 0.5) is 9.52 Å². The third-order valence-electron chi connectivity index (χ3n) is 4.21. The van der Waals surface area contributed by atoms with E-state index in [1.165, 1.54) is 15.6 Å². The van der Waals surface area contributed by atoms with Gasteiger partial charge in [-0.15, -0.1) is 10.2 Å². The zero-order valence-corrected chi connectivity index (χ0v) is 17.9. The van der Waals surface area contributed by atoms with E-state index in [1.807, 2.05) is 0 Å². The van der Waals surface area contributed by atoms with Gasteiger partial charge in [0.15, 0.2) is 0 Å². The first-order valence-electron chi connectivity index (χ1n) is 9.26. The zero-order chi connectivity index (χ0) is 20.7. The Labute approximate surface area is 169 Å². The van der Waals surface area contributed by atoms with Crippen LogP contribution >= 0.6 is 11.3 Å². The number of nitrogens with zero attached hydrogens (tertiary/aromatic N) is 3. The number of hydrogen-bond acceptors (Lipinski definition) is 6. The van der Waals surface area contributed by atoms with Gasteiger partial charge >= 0.3 is 0 Å². The molecule has 0 fully saturated rings. The van der Waals surface area contributed by atoms with Crippen LogP contribution < -0.4 is 5.32 Å². The second-order valence-corrected chi connectivity index (χ2v) is 9.14. The van der Waals surface area contributed by atoms with Crippen LogP contribution in [-0.4, -0.2) is 41.9 Å². The van der Waals surface area contributed by atoms with Crippen LogP contribution in [-0.2, 0) is 16.4 Å². The number of carbonyl (C=O) groups excluding carboxylic acids is 1. The lowest BCUT2D eigenvalue weighted by Crippen LogP contribution is -2.31. The van der Waals surface area contributed by atoms with Gasteiger partial charge in [-0.1, -0.05) is 44.9 Å². The number of aromatic nitrogens is 2. The number of rotatable bonds is 10. The number of aryl methyl sites for hydroxylation is 1. The number of anilines is 1. The van der Waals surface area contributed by atoms with Crippen LogP contribution in [0.1, 0.15) is 55.4 Å². The minimum absolute atomic E-state index is 0.125. The van der Waals surface area contributed by atoms with Crippen molar-refractivity contribution in [1.29, 1.82) is 0 Å². The van der Waals surface area contributed by atoms with Gasteiger partial charge in [0.25, 0.3) is 5.91 Å². The molecule has 0 aliphatic rings. The van der Waals surface area contributed by atoms with Crippen LogP contribution in [0.2, 0.25) is 0 Å². The molecule has 28 heavy (non-hydrogen) atoms. The molecule has 154 valence electrons. The van der Waals surface area contributed by atoms with Crippen LogP contribution in [0.3, 0.4) is 0 Å². The number of amides is 1. The van der Waals surface area contributed by atoms with Crippen molar-refractivity contribution < 1.29 is 17.6 Å². The number of unbranched alkanes of at least 4 members (excludes halogenated alkanes) is 2. The summed E-state index contributed by atoms with van der Waals surface area (Å²) >= 11 is 1.23. The van der Waals surface area contributed by atoms with E-state index >= 15 is 0 Å². The van der Waals surface area contributed by atoms with Gasteiger partial charge in [0, 0.05) is 19.5 Å². The molecule has 1 aromatic heterocycles. The Morgan fingerprint density at radius 1 is 1.18 bits per heavy atom. The predicted molar refractivity (Wildman–Crippen MR) is 108 cm³/mol. The minimum atomic E-state index is -3.79. The van der Waals surface area contributed by atoms with E-state index in [2.05, 4.69) is 22.4 Å². The standard InChI is InChI=1S/C18H25FN4O3S2/c1-4-7-8-9-16-21-22-18(27-16)20-17(24)14-12-13(10-11-15(14)19)28(25,26)23(5-2)6-3/h10-12H,4-9H2,1-3H3,(H,20,22,24). The van der Waals surface area contributed by atoms with Crippen LogP contribution in [0, 0.1) is 5.82 Å². The van der Waals surface area contributed by atoms with Gasteiger partial charge in [0.2, 0.25) is 15.2 Å². The maximum atomic E-state index is 14.2. The molecule has 0 atom stereocenters. The van der Waals surface area contributed by atoms with E-state index in [0.717, 1.165) is 48.9 Å². The molecule has 0 unspecified atom stereocenters. The van der Waals surface area contributed by atoms with Gasteiger partial charge in [-0.25, -0.2) is 12.8 Å². The van der Waals surface area contributed by atoms with E-state index in [4.69, 9.17) is 0 Å². The van der Waals surface area contributed by atoms with Crippen molar-refractivity contribution in [2.24, 2.45) is 0 Å². The first-order chi connectivity index (χ1) is 13.3. The molecule has 2 rings (SSSR count). The lowest BCUT2D eigenvalue weighted by Gasteiger charge is -2.18. The smallest absolute Gasteiger partial charge is 0.260 e. The molecular formula is C18H25FN4O3S2. The molecule has 0 aliphatic carbocycles. The summed E-state index contributed by atoms with van der Waals surface area (Å²) in [6.07, 6.45) is 3.93. The van der Waals surface area contributed by atoms with E-state index in [9.17, 15) is 17.6 Å². The molecule has 0 radical (unpaired) electrons. The Balaban J connectivity index is 2.20. The quantitative estimate of drug-likeness (QED) is 0.583. The Kier molecular flexibility index (Phi) is 8.02. The SMILES string of the molecule is CCCCCc1nnc(NC(=O)c2cc(S(=O)(=O)N(CC)CC)ccc2F)s1. The molecule has 0 bridgehead atoms. The first kappa shape index (κ1) is 22.4. The molecule has 1 N–H and O–H groups in total.